The maximum atomic E-state index is 5.20. The maximum absolute atomic E-state index is 5.20. The zero-order chi connectivity index (χ0) is 39.6. The van der Waals surface area contributed by atoms with Crippen molar-refractivity contribution in [3.63, 3.8) is 0 Å². The van der Waals surface area contributed by atoms with Crippen LogP contribution >= 0.6 is 0 Å². The zero-order valence-electron chi connectivity index (χ0n) is 32.6. The number of para-hydroxylation sites is 3. The lowest BCUT2D eigenvalue weighted by atomic mass is 9.99. The van der Waals surface area contributed by atoms with Crippen LogP contribution < -0.4 is 0 Å². The van der Waals surface area contributed by atoms with Gasteiger partial charge in [-0.1, -0.05) is 158 Å². The van der Waals surface area contributed by atoms with Gasteiger partial charge in [0.25, 0.3) is 0 Å². The predicted molar refractivity (Wildman–Crippen MR) is 250 cm³/mol. The smallest absolute Gasteiger partial charge is 0.160 e. The Morgan fingerprint density at radius 2 is 0.833 bits per heavy atom. The second-order valence-corrected chi connectivity index (χ2v) is 15.4. The highest BCUT2D eigenvalue weighted by atomic mass is 15.0. The normalized spacial score (nSPS) is 11.7. The van der Waals surface area contributed by atoms with Crippen molar-refractivity contribution in [2.24, 2.45) is 0 Å². The Bertz CT molecular complexity index is 3580. The monoisotopic (exact) mass is 764 g/mol. The summed E-state index contributed by atoms with van der Waals surface area (Å²) in [4.78, 5) is 10.3. The van der Waals surface area contributed by atoms with Crippen LogP contribution in [0.25, 0.3) is 111 Å². The van der Waals surface area contributed by atoms with Crippen molar-refractivity contribution in [1.29, 1.82) is 0 Å². The summed E-state index contributed by atoms with van der Waals surface area (Å²) < 4.78 is 4.86. The predicted octanol–water partition coefficient (Wildman–Crippen LogP) is 14.5. The van der Waals surface area contributed by atoms with Crippen molar-refractivity contribution in [3.8, 4) is 56.4 Å². The molecule has 0 radical (unpaired) electrons. The van der Waals surface area contributed by atoms with E-state index in [0.29, 0.717) is 5.82 Å². The average Bonchev–Trinajstić information content (AvgIpc) is 3.83. The Morgan fingerprint density at radius 3 is 1.55 bits per heavy atom. The minimum Gasteiger partial charge on any atom is -0.309 e. The molecule has 280 valence electrons. The summed E-state index contributed by atoms with van der Waals surface area (Å²) in [5.41, 5.74) is 14.2. The van der Waals surface area contributed by atoms with Gasteiger partial charge in [0.1, 0.15) is 0 Å². The number of aromatic nitrogens is 4. The van der Waals surface area contributed by atoms with Crippen molar-refractivity contribution in [3.05, 3.63) is 218 Å². The molecule has 12 rings (SSSR count). The fraction of sp³-hybridized carbons (Fsp3) is 0. The van der Waals surface area contributed by atoms with Crippen LogP contribution in [0.5, 0.6) is 0 Å². The van der Waals surface area contributed by atoms with Crippen LogP contribution in [0.15, 0.2) is 218 Å². The Kier molecular flexibility index (Phi) is 7.82. The molecule has 0 aliphatic heterocycles. The molecular weight excluding hydrogens is 729 g/mol. The summed E-state index contributed by atoms with van der Waals surface area (Å²) in [6, 6.07) is 78.0. The van der Waals surface area contributed by atoms with Crippen LogP contribution in [0.2, 0.25) is 0 Å². The lowest BCUT2D eigenvalue weighted by molar-refractivity contribution is 1.17. The van der Waals surface area contributed by atoms with Crippen LogP contribution in [0, 0.1) is 0 Å². The Hall–Kier alpha value is -8.08. The Labute approximate surface area is 346 Å². The van der Waals surface area contributed by atoms with E-state index < -0.39 is 0 Å². The van der Waals surface area contributed by atoms with E-state index in [1.807, 2.05) is 18.2 Å². The number of hydrogen-bond donors (Lipinski definition) is 0. The van der Waals surface area contributed by atoms with Gasteiger partial charge in [0.15, 0.2) is 5.82 Å². The zero-order valence-corrected chi connectivity index (χ0v) is 32.6. The first-order valence-corrected chi connectivity index (χ1v) is 20.4. The van der Waals surface area contributed by atoms with Gasteiger partial charge < -0.3 is 9.13 Å². The molecule has 4 nitrogen and oxygen atoms in total. The van der Waals surface area contributed by atoms with Crippen LogP contribution in [-0.2, 0) is 0 Å². The van der Waals surface area contributed by atoms with E-state index in [0.717, 1.165) is 50.4 Å². The molecule has 4 heteroatoms. The highest BCUT2D eigenvalue weighted by Crippen LogP contribution is 2.41. The summed E-state index contributed by atoms with van der Waals surface area (Å²) >= 11 is 0. The van der Waals surface area contributed by atoms with Gasteiger partial charge in [-0.25, -0.2) is 9.97 Å². The van der Waals surface area contributed by atoms with Gasteiger partial charge in [0.05, 0.1) is 39.1 Å². The average molecular weight is 765 g/mol. The number of fused-ring (bicyclic) bond motifs is 7. The third-order valence-corrected chi connectivity index (χ3v) is 11.9. The molecule has 0 fully saturated rings. The molecule has 12 aromatic rings. The molecular formula is C56H36N4. The van der Waals surface area contributed by atoms with Crippen LogP contribution in [-0.4, -0.2) is 19.1 Å². The van der Waals surface area contributed by atoms with Gasteiger partial charge in [0.2, 0.25) is 0 Å². The van der Waals surface area contributed by atoms with E-state index in [4.69, 9.17) is 9.97 Å². The third kappa shape index (κ3) is 5.53. The van der Waals surface area contributed by atoms with Gasteiger partial charge in [-0.3, -0.25) is 0 Å². The van der Waals surface area contributed by atoms with E-state index in [2.05, 4.69) is 209 Å². The molecule has 60 heavy (non-hydrogen) atoms. The molecule has 0 saturated heterocycles. The summed E-state index contributed by atoms with van der Waals surface area (Å²) in [6.45, 7) is 0. The SMILES string of the molecule is c1ccc(-c2cccc(-c3cc(-c4ccc5c(-n6c7ccccc7c7cc8c9ccccc9n(-c9ccccc9)c8cc76)cccc5c4)nc(-c4ccccc4)n3)c2)cc1. The van der Waals surface area contributed by atoms with Crippen molar-refractivity contribution in [2.45, 2.75) is 0 Å². The number of nitrogens with zero attached hydrogens (tertiary/aromatic N) is 4. The van der Waals surface area contributed by atoms with Crippen molar-refractivity contribution >= 4 is 54.4 Å². The summed E-state index contributed by atoms with van der Waals surface area (Å²) in [7, 11) is 0. The van der Waals surface area contributed by atoms with Crippen molar-refractivity contribution in [1.82, 2.24) is 19.1 Å². The van der Waals surface area contributed by atoms with Crippen LogP contribution in [0.1, 0.15) is 0 Å². The van der Waals surface area contributed by atoms with Crippen molar-refractivity contribution < 1.29 is 0 Å². The Balaban J connectivity index is 1.05. The topological polar surface area (TPSA) is 35.6 Å². The van der Waals surface area contributed by atoms with Gasteiger partial charge >= 0.3 is 0 Å². The van der Waals surface area contributed by atoms with E-state index in [1.165, 1.54) is 54.6 Å². The molecule has 0 aliphatic rings. The van der Waals surface area contributed by atoms with Crippen LogP contribution in [0.4, 0.5) is 0 Å². The van der Waals surface area contributed by atoms with Gasteiger partial charge in [-0.15, -0.1) is 0 Å². The molecule has 3 aromatic heterocycles. The van der Waals surface area contributed by atoms with E-state index in [9.17, 15) is 0 Å². The molecule has 0 spiro atoms. The van der Waals surface area contributed by atoms with Gasteiger partial charge in [-0.05, 0) is 77.2 Å². The first-order valence-electron chi connectivity index (χ1n) is 20.4. The Morgan fingerprint density at radius 1 is 0.283 bits per heavy atom. The second-order valence-electron chi connectivity index (χ2n) is 15.4. The lowest BCUT2D eigenvalue weighted by Crippen LogP contribution is -1.98. The fourth-order valence-electron chi connectivity index (χ4n) is 9.11. The summed E-state index contributed by atoms with van der Waals surface area (Å²) in [5.74, 6) is 0.701. The summed E-state index contributed by atoms with van der Waals surface area (Å²) in [5, 5.41) is 7.28. The molecule has 0 unspecified atom stereocenters. The fourth-order valence-corrected chi connectivity index (χ4v) is 9.11. The van der Waals surface area contributed by atoms with E-state index in [1.54, 1.807) is 0 Å². The first kappa shape index (κ1) is 34.0. The minimum absolute atomic E-state index is 0.701. The van der Waals surface area contributed by atoms with E-state index in [-0.39, 0.29) is 0 Å². The molecule has 0 bridgehead atoms. The maximum Gasteiger partial charge on any atom is 0.160 e. The molecule has 0 amide bonds. The molecule has 0 aliphatic carbocycles. The first-order chi connectivity index (χ1) is 29.7. The highest BCUT2D eigenvalue weighted by molar-refractivity contribution is 6.19. The molecule has 0 N–H and O–H groups in total. The molecule has 0 saturated carbocycles. The number of hydrogen-bond acceptors (Lipinski definition) is 2. The van der Waals surface area contributed by atoms with E-state index >= 15 is 0 Å². The van der Waals surface area contributed by atoms with Gasteiger partial charge in [0, 0.05) is 49.3 Å². The molecule has 3 heterocycles. The summed E-state index contributed by atoms with van der Waals surface area (Å²) in [6.07, 6.45) is 0. The minimum atomic E-state index is 0.701. The molecule has 0 atom stereocenters. The number of benzene rings is 9. The molecule has 9 aromatic carbocycles. The number of rotatable bonds is 6. The standard InChI is InChI=1S/C56H36N4/c1-4-16-37(17-5-1)39-20-14-22-41(32-39)49-35-50(58-56(57-49)38-18-6-2-7-19-38)42-30-31-44-40(33-42)21-15-29-51(44)60-53-28-13-11-26-46(53)48-34-47-45-25-10-12-27-52(45)59(54(47)36-55(48)60)43-23-8-3-9-24-43/h1-36H. The largest absolute Gasteiger partial charge is 0.309 e. The third-order valence-electron chi connectivity index (χ3n) is 11.9. The quantitative estimate of drug-likeness (QED) is 0.169. The van der Waals surface area contributed by atoms with Gasteiger partial charge in [-0.2, -0.15) is 0 Å². The second kappa shape index (κ2) is 13.8. The van der Waals surface area contributed by atoms with Crippen LogP contribution in [0.3, 0.4) is 0 Å². The lowest BCUT2D eigenvalue weighted by Gasteiger charge is -2.14. The highest BCUT2D eigenvalue weighted by Gasteiger charge is 2.20. The van der Waals surface area contributed by atoms with Crippen molar-refractivity contribution in [2.75, 3.05) is 0 Å².